The third-order valence-electron chi connectivity index (χ3n) is 3.06. The molecule has 18 heavy (non-hydrogen) atoms. The van der Waals surface area contributed by atoms with Crippen LogP contribution in [0.3, 0.4) is 0 Å². The van der Waals surface area contributed by atoms with Crippen LogP contribution in [-0.2, 0) is 6.42 Å². The molecule has 1 nitrogen and oxygen atoms in total. The van der Waals surface area contributed by atoms with Crippen molar-refractivity contribution in [3.8, 4) is 0 Å². The van der Waals surface area contributed by atoms with E-state index < -0.39 is 0 Å². The molecule has 0 amide bonds. The van der Waals surface area contributed by atoms with E-state index in [2.05, 4.69) is 48.9 Å². The lowest BCUT2D eigenvalue weighted by atomic mass is 9.86. The standard InChI is InChI=1S/C15H23BrFN/c1-11(2)18-10-15(3,4)8-7-12-5-6-14(17)13(16)9-12/h5-6,9,11,18H,7-8,10H2,1-4H3. The van der Waals surface area contributed by atoms with E-state index in [9.17, 15) is 4.39 Å². The summed E-state index contributed by atoms with van der Waals surface area (Å²) in [5.74, 6) is -0.195. The maximum absolute atomic E-state index is 13.1. The number of benzene rings is 1. The first-order chi connectivity index (χ1) is 8.30. The smallest absolute Gasteiger partial charge is 0.137 e. The minimum atomic E-state index is -0.195. The summed E-state index contributed by atoms with van der Waals surface area (Å²) in [6.07, 6.45) is 2.07. The maximum Gasteiger partial charge on any atom is 0.137 e. The first kappa shape index (κ1) is 15.6. The van der Waals surface area contributed by atoms with E-state index in [4.69, 9.17) is 0 Å². The Bertz CT molecular complexity index is 388. The molecule has 0 radical (unpaired) electrons. The van der Waals surface area contributed by atoms with Gasteiger partial charge >= 0.3 is 0 Å². The van der Waals surface area contributed by atoms with Crippen molar-refractivity contribution in [3.05, 3.63) is 34.1 Å². The van der Waals surface area contributed by atoms with Gasteiger partial charge in [0, 0.05) is 12.6 Å². The molecule has 0 saturated carbocycles. The molecule has 0 aromatic heterocycles. The highest BCUT2D eigenvalue weighted by molar-refractivity contribution is 9.10. The SMILES string of the molecule is CC(C)NCC(C)(C)CCc1ccc(F)c(Br)c1. The third-order valence-corrected chi connectivity index (χ3v) is 3.67. The van der Waals surface area contributed by atoms with Crippen LogP contribution in [0.2, 0.25) is 0 Å². The van der Waals surface area contributed by atoms with Gasteiger partial charge in [0.05, 0.1) is 4.47 Å². The van der Waals surface area contributed by atoms with Crippen LogP contribution in [0.15, 0.2) is 22.7 Å². The zero-order chi connectivity index (χ0) is 13.8. The molecular formula is C15H23BrFN. The van der Waals surface area contributed by atoms with Gasteiger partial charge in [-0.25, -0.2) is 4.39 Å². The normalized spacial score (nSPS) is 12.2. The van der Waals surface area contributed by atoms with Crippen molar-refractivity contribution in [2.45, 2.75) is 46.6 Å². The van der Waals surface area contributed by atoms with E-state index in [1.165, 1.54) is 11.6 Å². The van der Waals surface area contributed by atoms with Crippen LogP contribution in [0.4, 0.5) is 4.39 Å². The van der Waals surface area contributed by atoms with Gasteiger partial charge in [0.25, 0.3) is 0 Å². The Morgan fingerprint density at radius 3 is 2.56 bits per heavy atom. The zero-order valence-corrected chi connectivity index (χ0v) is 13.3. The molecule has 0 aliphatic heterocycles. The van der Waals surface area contributed by atoms with E-state index in [0.717, 1.165) is 19.4 Å². The highest BCUT2D eigenvalue weighted by Crippen LogP contribution is 2.24. The highest BCUT2D eigenvalue weighted by atomic mass is 79.9. The fourth-order valence-corrected chi connectivity index (χ4v) is 2.17. The minimum Gasteiger partial charge on any atom is -0.314 e. The number of aryl methyl sites for hydroxylation is 1. The van der Waals surface area contributed by atoms with Crippen LogP contribution >= 0.6 is 15.9 Å². The summed E-state index contributed by atoms with van der Waals surface area (Å²) in [6, 6.07) is 5.79. The molecule has 0 unspecified atom stereocenters. The van der Waals surface area contributed by atoms with E-state index in [0.29, 0.717) is 10.5 Å². The Morgan fingerprint density at radius 2 is 2.00 bits per heavy atom. The molecule has 0 aliphatic carbocycles. The van der Waals surface area contributed by atoms with Crippen molar-refractivity contribution < 1.29 is 4.39 Å². The predicted molar refractivity (Wildman–Crippen MR) is 79.3 cm³/mol. The van der Waals surface area contributed by atoms with E-state index in [-0.39, 0.29) is 11.2 Å². The van der Waals surface area contributed by atoms with Gasteiger partial charge in [0.1, 0.15) is 5.82 Å². The van der Waals surface area contributed by atoms with Gasteiger partial charge in [-0.2, -0.15) is 0 Å². The van der Waals surface area contributed by atoms with Crippen molar-refractivity contribution in [1.29, 1.82) is 0 Å². The summed E-state index contributed by atoms with van der Waals surface area (Å²) in [5.41, 5.74) is 1.44. The quantitative estimate of drug-likeness (QED) is 0.812. The summed E-state index contributed by atoms with van der Waals surface area (Å²) >= 11 is 3.23. The first-order valence-electron chi connectivity index (χ1n) is 6.47. The van der Waals surface area contributed by atoms with Gasteiger partial charge in [-0.15, -0.1) is 0 Å². The lowest BCUT2D eigenvalue weighted by Crippen LogP contribution is -2.34. The van der Waals surface area contributed by atoms with Gasteiger partial charge in [-0.3, -0.25) is 0 Å². The molecule has 0 atom stereocenters. The molecule has 0 saturated heterocycles. The van der Waals surface area contributed by atoms with Crippen LogP contribution in [0.5, 0.6) is 0 Å². The van der Waals surface area contributed by atoms with Crippen LogP contribution in [0.1, 0.15) is 39.7 Å². The Hall–Kier alpha value is -0.410. The molecule has 3 heteroatoms. The average Bonchev–Trinajstić information content (AvgIpc) is 2.28. The molecular weight excluding hydrogens is 293 g/mol. The van der Waals surface area contributed by atoms with Crippen LogP contribution < -0.4 is 5.32 Å². The average molecular weight is 316 g/mol. The largest absolute Gasteiger partial charge is 0.314 e. The van der Waals surface area contributed by atoms with Gasteiger partial charge in [0.15, 0.2) is 0 Å². The Morgan fingerprint density at radius 1 is 1.33 bits per heavy atom. The van der Waals surface area contributed by atoms with E-state index in [1.807, 2.05) is 12.1 Å². The fourth-order valence-electron chi connectivity index (χ4n) is 1.75. The second-order valence-electron chi connectivity index (χ2n) is 5.95. The number of hydrogen-bond acceptors (Lipinski definition) is 1. The molecule has 0 spiro atoms. The summed E-state index contributed by atoms with van der Waals surface area (Å²) in [5, 5.41) is 3.47. The van der Waals surface area contributed by atoms with Crippen molar-refractivity contribution in [1.82, 2.24) is 5.32 Å². The van der Waals surface area contributed by atoms with Gasteiger partial charge < -0.3 is 5.32 Å². The molecule has 1 N–H and O–H groups in total. The second kappa shape index (κ2) is 6.67. The van der Waals surface area contributed by atoms with Gasteiger partial charge in [-0.05, 0) is 51.9 Å². The second-order valence-corrected chi connectivity index (χ2v) is 6.80. The lowest BCUT2D eigenvalue weighted by molar-refractivity contribution is 0.304. The van der Waals surface area contributed by atoms with Crippen molar-refractivity contribution in [2.24, 2.45) is 5.41 Å². The Balaban J connectivity index is 2.50. The monoisotopic (exact) mass is 315 g/mol. The molecule has 0 bridgehead atoms. The topological polar surface area (TPSA) is 12.0 Å². The van der Waals surface area contributed by atoms with E-state index >= 15 is 0 Å². The van der Waals surface area contributed by atoms with Crippen molar-refractivity contribution >= 4 is 15.9 Å². The van der Waals surface area contributed by atoms with Crippen LogP contribution in [0.25, 0.3) is 0 Å². The Kier molecular flexibility index (Phi) is 5.80. The molecule has 1 aromatic carbocycles. The van der Waals surface area contributed by atoms with E-state index in [1.54, 1.807) is 0 Å². The molecule has 0 fully saturated rings. The summed E-state index contributed by atoms with van der Waals surface area (Å²) in [7, 11) is 0. The fraction of sp³-hybridized carbons (Fsp3) is 0.600. The number of nitrogens with one attached hydrogen (secondary N) is 1. The summed E-state index contributed by atoms with van der Waals surface area (Å²) < 4.78 is 13.7. The van der Waals surface area contributed by atoms with Crippen molar-refractivity contribution in [2.75, 3.05) is 6.54 Å². The highest BCUT2D eigenvalue weighted by Gasteiger charge is 2.17. The minimum absolute atomic E-state index is 0.195. The zero-order valence-electron chi connectivity index (χ0n) is 11.7. The number of rotatable bonds is 6. The molecule has 1 aromatic rings. The molecule has 0 heterocycles. The molecule has 102 valence electrons. The molecule has 0 aliphatic rings. The number of hydrogen-bond donors (Lipinski definition) is 1. The maximum atomic E-state index is 13.1. The Labute approximate surface area is 118 Å². The van der Waals surface area contributed by atoms with Crippen LogP contribution in [0, 0.1) is 11.2 Å². The first-order valence-corrected chi connectivity index (χ1v) is 7.27. The van der Waals surface area contributed by atoms with Crippen LogP contribution in [-0.4, -0.2) is 12.6 Å². The van der Waals surface area contributed by atoms with Gasteiger partial charge in [0.2, 0.25) is 0 Å². The van der Waals surface area contributed by atoms with Gasteiger partial charge in [-0.1, -0.05) is 33.8 Å². The lowest BCUT2D eigenvalue weighted by Gasteiger charge is -2.26. The number of halogens is 2. The summed E-state index contributed by atoms with van der Waals surface area (Å²) in [6.45, 7) is 9.86. The third kappa shape index (κ3) is 5.49. The summed E-state index contributed by atoms with van der Waals surface area (Å²) in [4.78, 5) is 0. The predicted octanol–water partition coefficient (Wildman–Crippen LogP) is 4.55. The van der Waals surface area contributed by atoms with Crippen molar-refractivity contribution in [3.63, 3.8) is 0 Å². The molecule has 1 rings (SSSR count).